The Morgan fingerprint density at radius 2 is 2.17 bits per heavy atom. The number of guanidine groups is 2. The maximum absolute atomic E-state index is 9.21. The van der Waals surface area contributed by atoms with Gasteiger partial charge in [0.15, 0.2) is 11.6 Å². The Morgan fingerprint density at radius 1 is 1.67 bits per heavy atom. The van der Waals surface area contributed by atoms with E-state index in [0.717, 1.165) is 0 Å². The second-order valence-electron chi connectivity index (χ2n) is 2.78. The van der Waals surface area contributed by atoms with E-state index in [-0.39, 0.29) is 24.3 Å². The highest BCUT2D eigenvalue weighted by Crippen LogP contribution is 2.15. The molecule has 12 heavy (non-hydrogen) atoms. The predicted molar refractivity (Wildman–Crippen MR) is 47.4 cm³/mol. The molecule has 0 aliphatic carbocycles. The molecule has 0 saturated heterocycles. The first-order chi connectivity index (χ1) is 4.93. The predicted octanol–water partition coefficient (Wildman–Crippen LogP) is -0.312. The summed E-state index contributed by atoms with van der Waals surface area (Å²) in [7, 11) is 0. The Hall–Kier alpha value is -1.01. The Kier molecular flexibility index (Phi) is 2.89. The van der Waals surface area contributed by atoms with Crippen molar-refractivity contribution in [3.63, 3.8) is 0 Å². The van der Waals surface area contributed by atoms with E-state index >= 15 is 0 Å². The van der Waals surface area contributed by atoms with Gasteiger partial charge >= 0.3 is 0 Å². The summed E-state index contributed by atoms with van der Waals surface area (Å²) in [5.41, 5.74) is 4.47. The number of nitrogens with zero attached hydrogens (tertiary/aromatic N) is 2. The van der Waals surface area contributed by atoms with E-state index in [4.69, 9.17) is 11.1 Å². The quantitative estimate of drug-likeness (QED) is 0.424. The van der Waals surface area contributed by atoms with Crippen molar-refractivity contribution in [2.24, 2.45) is 10.7 Å². The van der Waals surface area contributed by atoms with Crippen LogP contribution < -0.4 is 11.1 Å². The van der Waals surface area contributed by atoms with Gasteiger partial charge in [-0.3, -0.25) is 15.9 Å². The molecule has 5 N–H and O–H groups in total. The first kappa shape index (κ1) is 11.0. The maximum atomic E-state index is 9.21. The molecule has 1 aliphatic heterocycles. The van der Waals surface area contributed by atoms with Crippen LogP contribution in [0.4, 0.5) is 0 Å². The molecule has 6 nitrogen and oxygen atoms in total. The molecule has 0 bridgehead atoms. The SMILES string of the molecule is CC1(C)N=C(N)NC(=N)N1O.Cl. The van der Waals surface area contributed by atoms with Crippen molar-refractivity contribution in [2.75, 3.05) is 0 Å². The van der Waals surface area contributed by atoms with Crippen LogP contribution in [0.1, 0.15) is 13.8 Å². The van der Waals surface area contributed by atoms with E-state index < -0.39 is 5.66 Å². The van der Waals surface area contributed by atoms with Gasteiger partial charge < -0.3 is 5.73 Å². The third kappa shape index (κ3) is 1.77. The van der Waals surface area contributed by atoms with Crippen LogP contribution in [0.5, 0.6) is 0 Å². The van der Waals surface area contributed by atoms with Gasteiger partial charge in [-0.1, -0.05) is 0 Å². The van der Waals surface area contributed by atoms with E-state index in [9.17, 15) is 5.21 Å². The van der Waals surface area contributed by atoms with Crippen LogP contribution >= 0.6 is 12.4 Å². The van der Waals surface area contributed by atoms with Crippen LogP contribution in [0, 0.1) is 5.41 Å². The molecule has 0 aromatic heterocycles. The fourth-order valence-corrected chi connectivity index (χ4v) is 0.818. The fraction of sp³-hybridized carbons (Fsp3) is 0.600. The summed E-state index contributed by atoms with van der Waals surface area (Å²) in [5.74, 6) is -0.0206. The van der Waals surface area contributed by atoms with Crippen molar-refractivity contribution in [2.45, 2.75) is 19.5 Å². The molecular weight excluding hydrogens is 182 g/mol. The molecule has 0 unspecified atom stereocenters. The Bertz CT molecular complexity index is 226. The molecule has 1 heterocycles. The summed E-state index contributed by atoms with van der Waals surface area (Å²) >= 11 is 0. The second kappa shape index (κ2) is 3.16. The average molecular weight is 194 g/mol. The second-order valence-corrected chi connectivity index (χ2v) is 2.78. The first-order valence-electron chi connectivity index (χ1n) is 3.13. The molecule has 1 aliphatic rings. The molecular formula is C5H12ClN5O. The number of hydroxylamine groups is 2. The van der Waals surface area contributed by atoms with Crippen LogP contribution in [0.15, 0.2) is 4.99 Å². The number of hydrogen-bond donors (Lipinski definition) is 4. The number of halogens is 1. The number of nitrogens with two attached hydrogens (primary N) is 1. The van der Waals surface area contributed by atoms with Crippen molar-refractivity contribution in [3.05, 3.63) is 0 Å². The average Bonchev–Trinajstić information content (AvgIpc) is 1.81. The third-order valence-electron chi connectivity index (χ3n) is 1.37. The lowest BCUT2D eigenvalue weighted by atomic mass is 10.2. The zero-order valence-corrected chi connectivity index (χ0v) is 7.64. The van der Waals surface area contributed by atoms with E-state index in [2.05, 4.69) is 10.3 Å². The minimum absolute atomic E-state index is 0. The monoisotopic (exact) mass is 193 g/mol. The Labute approximate surface area is 76.3 Å². The summed E-state index contributed by atoms with van der Waals surface area (Å²) in [5, 5.41) is 19.5. The molecule has 0 aromatic rings. The minimum atomic E-state index is -0.855. The van der Waals surface area contributed by atoms with Gasteiger partial charge in [-0.15, -0.1) is 12.4 Å². The summed E-state index contributed by atoms with van der Waals surface area (Å²) < 4.78 is 0. The smallest absolute Gasteiger partial charge is 0.224 e. The lowest BCUT2D eigenvalue weighted by Crippen LogP contribution is -2.58. The highest BCUT2D eigenvalue weighted by molar-refractivity contribution is 5.98. The van der Waals surface area contributed by atoms with Crippen LogP contribution in [-0.4, -0.2) is 27.9 Å². The fourth-order valence-electron chi connectivity index (χ4n) is 0.818. The van der Waals surface area contributed by atoms with Gasteiger partial charge in [0.05, 0.1) is 0 Å². The molecule has 70 valence electrons. The van der Waals surface area contributed by atoms with Crippen molar-refractivity contribution in [1.82, 2.24) is 10.4 Å². The number of nitrogens with one attached hydrogen (secondary N) is 2. The topological polar surface area (TPSA) is 97.7 Å². The molecule has 0 saturated carbocycles. The van der Waals surface area contributed by atoms with Crippen LogP contribution in [0.2, 0.25) is 0 Å². The highest BCUT2D eigenvalue weighted by atomic mass is 35.5. The van der Waals surface area contributed by atoms with E-state index in [1.807, 2.05) is 0 Å². The standard InChI is InChI=1S/C5H11N5O.ClH/c1-5(2)9-3(6)8-4(7)10(5)11;/h11H,1-2H3,(H4,6,7,8,9);1H. The number of rotatable bonds is 0. The molecule has 0 fully saturated rings. The summed E-state index contributed by atoms with van der Waals surface area (Å²) in [6.45, 7) is 3.30. The maximum Gasteiger partial charge on any atom is 0.224 e. The largest absolute Gasteiger partial charge is 0.370 e. The highest BCUT2D eigenvalue weighted by Gasteiger charge is 2.31. The summed E-state index contributed by atoms with van der Waals surface area (Å²) in [6.07, 6.45) is 0. The Balaban J connectivity index is 0.00000121. The third-order valence-corrected chi connectivity index (χ3v) is 1.37. The van der Waals surface area contributed by atoms with Crippen molar-refractivity contribution in [1.29, 1.82) is 5.41 Å². The normalized spacial score (nSPS) is 20.8. The van der Waals surface area contributed by atoms with Gasteiger partial charge in [0.1, 0.15) is 0 Å². The molecule has 0 radical (unpaired) electrons. The summed E-state index contributed by atoms with van der Waals surface area (Å²) in [6, 6.07) is 0. The van der Waals surface area contributed by atoms with Gasteiger partial charge in [0, 0.05) is 0 Å². The van der Waals surface area contributed by atoms with E-state index in [0.29, 0.717) is 5.06 Å². The lowest BCUT2D eigenvalue weighted by Gasteiger charge is -2.35. The van der Waals surface area contributed by atoms with Gasteiger partial charge in [-0.25, -0.2) is 4.99 Å². The number of hydrogen-bond acceptors (Lipinski definition) is 4. The molecule has 0 aromatic carbocycles. The molecule has 1 rings (SSSR count). The van der Waals surface area contributed by atoms with Crippen molar-refractivity contribution in [3.8, 4) is 0 Å². The molecule has 0 amide bonds. The summed E-state index contributed by atoms with van der Waals surface area (Å²) in [4.78, 5) is 3.86. The van der Waals surface area contributed by atoms with Crippen LogP contribution in [0.3, 0.4) is 0 Å². The van der Waals surface area contributed by atoms with Crippen molar-refractivity contribution >= 4 is 24.3 Å². The lowest BCUT2D eigenvalue weighted by molar-refractivity contribution is -0.0953. The van der Waals surface area contributed by atoms with Gasteiger partial charge in [0.25, 0.3) is 0 Å². The molecule has 0 spiro atoms. The van der Waals surface area contributed by atoms with Gasteiger partial charge in [-0.05, 0) is 13.8 Å². The van der Waals surface area contributed by atoms with Gasteiger partial charge in [0.2, 0.25) is 5.96 Å². The van der Waals surface area contributed by atoms with E-state index in [1.54, 1.807) is 13.8 Å². The number of aliphatic imine (C=N–C) groups is 1. The first-order valence-corrected chi connectivity index (χ1v) is 3.13. The van der Waals surface area contributed by atoms with Crippen LogP contribution in [0.25, 0.3) is 0 Å². The molecule has 0 atom stereocenters. The van der Waals surface area contributed by atoms with E-state index in [1.165, 1.54) is 0 Å². The van der Waals surface area contributed by atoms with Gasteiger partial charge in [-0.2, -0.15) is 5.06 Å². The zero-order valence-electron chi connectivity index (χ0n) is 6.83. The molecule has 7 heteroatoms. The Morgan fingerprint density at radius 3 is 2.58 bits per heavy atom. The zero-order chi connectivity index (χ0) is 8.65. The van der Waals surface area contributed by atoms with Crippen LogP contribution in [-0.2, 0) is 0 Å². The minimum Gasteiger partial charge on any atom is -0.370 e. The van der Waals surface area contributed by atoms with Crippen molar-refractivity contribution < 1.29 is 5.21 Å².